The standard InChI is InChI=1S/C51H64N4O/c1-30(2)35-23-43(31(3)4)49(44(24-35)32(5)6)48-33(7)53-55(34(48)8)38-25-37(51(12,13)14)26-40(28-38)56-39-19-20-42-41-17-15-16-18-45(41)54(46(42)29-39)47-27-36(21-22-52-47)50(9,10)11/h15-23,25-32,35,44,49H,24H2,1-14H3/t35-,44+,49-/m0/s1. The van der Waals surface area contributed by atoms with Crippen LogP contribution in [0.1, 0.15) is 124 Å². The minimum atomic E-state index is -0.0985. The molecule has 5 heteroatoms. The lowest BCUT2D eigenvalue weighted by atomic mass is 9.63. The van der Waals surface area contributed by atoms with E-state index in [9.17, 15) is 0 Å². The maximum atomic E-state index is 6.89. The van der Waals surface area contributed by atoms with Crippen molar-refractivity contribution in [3.63, 3.8) is 0 Å². The van der Waals surface area contributed by atoms with E-state index in [2.05, 4.69) is 185 Å². The number of nitrogens with zero attached hydrogens (tertiary/aromatic N) is 4. The number of pyridine rings is 1. The molecule has 0 N–H and O–H groups in total. The minimum absolute atomic E-state index is 0.00349. The van der Waals surface area contributed by atoms with E-state index in [0.717, 1.165) is 39.7 Å². The molecule has 56 heavy (non-hydrogen) atoms. The lowest BCUT2D eigenvalue weighted by molar-refractivity contribution is 0.232. The van der Waals surface area contributed by atoms with Crippen LogP contribution in [0.25, 0.3) is 33.3 Å². The Morgan fingerprint density at radius 2 is 1.41 bits per heavy atom. The van der Waals surface area contributed by atoms with Crippen molar-refractivity contribution in [2.45, 2.75) is 120 Å². The van der Waals surface area contributed by atoms with Crippen LogP contribution < -0.4 is 4.74 Å². The van der Waals surface area contributed by atoms with Crippen LogP contribution in [0.5, 0.6) is 11.5 Å². The first kappa shape index (κ1) is 39.6. The van der Waals surface area contributed by atoms with Crippen LogP contribution in [0, 0.1) is 43.4 Å². The second kappa shape index (κ2) is 14.7. The number of hydrogen-bond acceptors (Lipinski definition) is 3. The third-order valence-corrected chi connectivity index (χ3v) is 12.5. The molecule has 1 aliphatic carbocycles. The molecule has 0 saturated carbocycles. The molecular weight excluding hydrogens is 685 g/mol. The van der Waals surface area contributed by atoms with Gasteiger partial charge < -0.3 is 4.74 Å². The Morgan fingerprint density at radius 1 is 0.714 bits per heavy atom. The number of benzene rings is 3. The minimum Gasteiger partial charge on any atom is -0.457 e. The van der Waals surface area contributed by atoms with Gasteiger partial charge >= 0.3 is 0 Å². The van der Waals surface area contributed by atoms with Crippen LogP contribution in [-0.4, -0.2) is 19.3 Å². The zero-order valence-electron chi connectivity index (χ0n) is 36.5. The molecule has 0 spiro atoms. The van der Waals surface area contributed by atoms with Crippen LogP contribution in [0.4, 0.5) is 0 Å². The van der Waals surface area contributed by atoms with E-state index in [1.165, 1.54) is 39.6 Å². The van der Waals surface area contributed by atoms with Crippen LogP contribution in [-0.2, 0) is 10.8 Å². The van der Waals surface area contributed by atoms with E-state index in [4.69, 9.17) is 14.8 Å². The van der Waals surface area contributed by atoms with E-state index >= 15 is 0 Å². The summed E-state index contributed by atoms with van der Waals surface area (Å²) in [5.41, 5.74) is 10.9. The Balaban J connectivity index is 1.34. The van der Waals surface area contributed by atoms with E-state index in [-0.39, 0.29) is 10.8 Å². The lowest BCUT2D eigenvalue weighted by Gasteiger charge is -2.41. The molecular formula is C51H64N4O. The second-order valence-corrected chi connectivity index (χ2v) is 19.6. The highest BCUT2D eigenvalue weighted by atomic mass is 16.5. The molecule has 294 valence electrons. The molecule has 0 unspecified atom stereocenters. The molecule has 3 aromatic carbocycles. The summed E-state index contributed by atoms with van der Waals surface area (Å²) < 4.78 is 11.4. The zero-order valence-corrected chi connectivity index (χ0v) is 36.5. The number of para-hydroxylation sites is 1. The van der Waals surface area contributed by atoms with Crippen LogP contribution >= 0.6 is 0 Å². The number of fused-ring (bicyclic) bond motifs is 3. The van der Waals surface area contributed by atoms with Gasteiger partial charge in [0.1, 0.15) is 17.3 Å². The number of rotatable bonds is 8. The maximum absolute atomic E-state index is 6.89. The summed E-state index contributed by atoms with van der Waals surface area (Å²) in [5.74, 6) is 5.71. The number of hydrogen-bond donors (Lipinski definition) is 0. The summed E-state index contributed by atoms with van der Waals surface area (Å²) in [6, 6.07) is 26.1. The summed E-state index contributed by atoms with van der Waals surface area (Å²) in [5, 5.41) is 7.70. The third kappa shape index (κ3) is 7.35. The topological polar surface area (TPSA) is 44.9 Å². The first-order valence-electron chi connectivity index (χ1n) is 20.9. The van der Waals surface area contributed by atoms with Gasteiger partial charge in [-0.2, -0.15) is 5.10 Å². The molecule has 0 bridgehead atoms. The van der Waals surface area contributed by atoms with Gasteiger partial charge in [-0.15, -0.1) is 0 Å². The molecule has 7 rings (SSSR count). The molecule has 0 amide bonds. The number of aryl methyl sites for hydroxylation is 1. The van der Waals surface area contributed by atoms with Crippen LogP contribution in [0.3, 0.4) is 0 Å². The number of ether oxygens (including phenoxy) is 1. The average molecular weight is 749 g/mol. The van der Waals surface area contributed by atoms with Crippen molar-refractivity contribution in [3.05, 3.63) is 119 Å². The summed E-state index contributed by atoms with van der Waals surface area (Å²) in [4.78, 5) is 4.89. The molecule has 6 aromatic rings. The van der Waals surface area contributed by atoms with E-state index < -0.39 is 0 Å². The Hall–Kier alpha value is -4.64. The maximum Gasteiger partial charge on any atom is 0.137 e. The van der Waals surface area contributed by atoms with Crippen molar-refractivity contribution in [1.29, 1.82) is 0 Å². The summed E-state index contributed by atoms with van der Waals surface area (Å²) in [6.45, 7) is 32.4. The highest BCUT2D eigenvalue weighted by molar-refractivity contribution is 6.09. The zero-order chi connectivity index (χ0) is 40.4. The van der Waals surface area contributed by atoms with Gasteiger partial charge in [-0.1, -0.05) is 113 Å². The first-order valence-corrected chi connectivity index (χ1v) is 20.9. The molecule has 5 nitrogen and oxygen atoms in total. The quantitative estimate of drug-likeness (QED) is 0.146. The van der Waals surface area contributed by atoms with Crippen molar-refractivity contribution in [2.24, 2.45) is 29.6 Å². The van der Waals surface area contributed by atoms with Crippen molar-refractivity contribution < 1.29 is 4.74 Å². The molecule has 3 aromatic heterocycles. The average Bonchev–Trinajstić information content (AvgIpc) is 3.62. The molecule has 3 atom stereocenters. The highest BCUT2D eigenvalue weighted by Gasteiger charge is 2.39. The summed E-state index contributed by atoms with van der Waals surface area (Å²) >= 11 is 0. The Bertz CT molecular complexity index is 2420. The first-order chi connectivity index (χ1) is 26.3. The highest BCUT2D eigenvalue weighted by Crippen LogP contribution is 2.50. The Kier molecular flexibility index (Phi) is 10.4. The van der Waals surface area contributed by atoms with Gasteiger partial charge in [0.25, 0.3) is 0 Å². The molecule has 3 heterocycles. The van der Waals surface area contributed by atoms with Gasteiger partial charge in [0.15, 0.2) is 0 Å². The molecule has 0 aliphatic heterocycles. The predicted octanol–water partition coefficient (Wildman–Crippen LogP) is 14.0. The smallest absolute Gasteiger partial charge is 0.137 e. The largest absolute Gasteiger partial charge is 0.457 e. The van der Waals surface area contributed by atoms with Crippen molar-refractivity contribution in [3.8, 4) is 23.0 Å². The predicted molar refractivity (Wildman–Crippen MR) is 236 cm³/mol. The number of allylic oxidation sites excluding steroid dienone is 2. The molecule has 0 radical (unpaired) electrons. The van der Waals surface area contributed by atoms with Gasteiger partial charge in [0, 0.05) is 46.3 Å². The van der Waals surface area contributed by atoms with Crippen molar-refractivity contribution in [1.82, 2.24) is 19.3 Å². The monoisotopic (exact) mass is 749 g/mol. The third-order valence-electron chi connectivity index (χ3n) is 12.5. The fourth-order valence-electron chi connectivity index (χ4n) is 9.13. The van der Waals surface area contributed by atoms with Crippen molar-refractivity contribution >= 4 is 21.8 Å². The SMILES string of the molecule is Cc1nn(-c2cc(Oc3ccc4c5ccccc5n(-c5cc(C(C)(C)C)ccn5)c4c3)cc(C(C)(C)C)c2)c(C)c1[C@H]1C(C(C)C)=C[C@H](C(C)C)C[C@@H]1C(C)C. The van der Waals surface area contributed by atoms with Crippen LogP contribution in [0.15, 0.2) is 90.6 Å². The molecule has 0 saturated heterocycles. The fourth-order valence-corrected chi connectivity index (χ4v) is 9.13. The van der Waals surface area contributed by atoms with Gasteiger partial charge in [-0.25, -0.2) is 9.67 Å². The second-order valence-electron chi connectivity index (χ2n) is 19.6. The Morgan fingerprint density at radius 3 is 2.07 bits per heavy atom. The number of aromatic nitrogens is 4. The molecule has 0 fully saturated rings. The van der Waals surface area contributed by atoms with Crippen molar-refractivity contribution in [2.75, 3.05) is 0 Å². The van der Waals surface area contributed by atoms with Gasteiger partial charge in [0.05, 0.1) is 22.4 Å². The van der Waals surface area contributed by atoms with Gasteiger partial charge in [-0.3, -0.25) is 4.57 Å². The summed E-state index contributed by atoms with van der Waals surface area (Å²) in [7, 11) is 0. The van der Waals surface area contributed by atoms with Crippen LogP contribution in [0.2, 0.25) is 0 Å². The van der Waals surface area contributed by atoms with E-state index in [1.807, 2.05) is 6.20 Å². The van der Waals surface area contributed by atoms with Gasteiger partial charge in [-0.05, 0) is 114 Å². The lowest BCUT2D eigenvalue weighted by Crippen LogP contribution is -2.31. The molecule has 1 aliphatic rings. The Labute approximate surface area is 336 Å². The normalized spacial score (nSPS) is 18.2. The van der Waals surface area contributed by atoms with E-state index in [1.54, 1.807) is 5.57 Å². The summed E-state index contributed by atoms with van der Waals surface area (Å²) in [6.07, 6.45) is 5.79. The fraction of sp³-hybridized carbons (Fsp3) is 0.451. The van der Waals surface area contributed by atoms with Gasteiger partial charge in [0.2, 0.25) is 0 Å². The van der Waals surface area contributed by atoms with E-state index in [0.29, 0.717) is 35.5 Å².